The van der Waals surface area contributed by atoms with E-state index in [4.69, 9.17) is 4.74 Å². The van der Waals surface area contributed by atoms with Crippen LogP contribution in [0.2, 0.25) is 0 Å². The summed E-state index contributed by atoms with van der Waals surface area (Å²) in [4.78, 5) is 0. The Morgan fingerprint density at radius 2 is 2.11 bits per heavy atom. The zero-order valence-electron chi connectivity index (χ0n) is 10.9. The average molecular weight is 259 g/mol. The number of para-hydroxylation sites is 1. The number of nitrogens with zero attached hydrogens (tertiary/aromatic N) is 4. The Balaban J connectivity index is 1.62. The van der Waals surface area contributed by atoms with E-state index in [-0.39, 0.29) is 0 Å². The smallest absolute Gasteiger partial charge is 0.170 e. The minimum atomic E-state index is 0.405. The Bertz CT molecular complexity index is 521. The van der Waals surface area contributed by atoms with E-state index >= 15 is 0 Å². The number of rotatable bonds is 5. The van der Waals surface area contributed by atoms with Crippen molar-refractivity contribution in [1.82, 2.24) is 25.5 Å². The highest BCUT2D eigenvalue weighted by Crippen LogP contribution is 2.22. The van der Waals surface area contributed by atoms with Gasteiger partial charge in [0.25, 0.3) is 0 Å². The summed E-state index contributed by atoms with van der Waals surface area (Å²) in [5.41, 5.74) is 0.979. The highest BCUT2D eigenvalue weighted by molar-refractivity contribution is 5.30. The number of ether oxygens (including phenoxy) is 1. The second-order valence-corrected chi connectivity index (χ2v) is 4.75. The summed E-state index contributed by atoms with van der Waals surface area (Å²) in [6.45, 7) is 0.670. The lowest BCUT2D eigenvalue weighted by molar-refractivity contribution is 0.0167. The van der Waals surface area contributed by atoms with E-state index in [1.807, 2.05) is 30.3 Å². The van der Waals surface area contributed by atoms with E-state index in [1.54, 1.807) is 11.8 Å². The van der Waals surface area contributed by atoms with Gasteiger partial charge in [0.15, 0.2) is 5.82 Å². The molecule has 0 atom stereocenters. The Kier molecular flexibility index (Phi) is 3.52. The van der Waals surface area contributed by atoms with Crippen molar-refractivity contribution in [3.63, 3.8) is 0 Å². The van der Waals surface area contributed by atoms with Crippen molar-refractivity contribution in [2.45, 2.75) is 31.5 Å². The molecule has 1 aliphatic rings. The van der Waals surface area contributed by atoms with Crippen LogP contribution in [0.3, 0.4) is 0 Å². The molecule has 1 N–H and O–H groups in total. The van der Waals surface area contributed by atoms with Gasteiger partial charge in [0.1, 0.15) is 0 Å². The number of hydrogen-bond acceptors (Lipinski definition) is 5. The maximum absolute atomic E-state index is 5.26. The van der Waals surface area contributed by atoms with E-state index in [9.17, 15) is 0 Å². The predicted molar refractivity (Wildman–Crippen MR) is 69.8 cm³/mol. The average Bonchev–Trinajstić information content (AvgIpc) is 2.87. The van der Waals surface area contributed by atoms with Crippen LogP contribution in [0.15, 0.2) is 30.3 Å². The maximum atomic E-state index is 5.26. The fraction of sp³-hybridized carbons (Fsp3) is 0.462. The molecule has 0 saturated heterocycles. The number of benzene rings is 1. The quantitative estimate of drug-likeness (QED) is 0.865. The van der Waals surface area contributed by atoms with E-state index in [0.29, 0.717) is 18.7 Å². The van der Waals surface area contributed by atoms with Gasteiger partial charge in [0.2, 0.25) is 0 Å². The van der Waals surface area contributed by atoms with Crippen molar-refractivity contribution in [2.24, 2.45) is 0 Å². The first-order chi connectivity index (χ1) is 9.36. The Labute approximate surface area is 111 Å². The fourth-order valence-electron chi connectivity index (χ4n) is 2.25. The molecular weight excluding hydrogens is 242 g/mol. The molecule has 1 aliphatic carbocycles. The molecule has 0 aliphatic heterocycles. The molecule has 0 radical (unpaired) electrons. The lowest BCUT2D eigenvalue weighted by atomic mass is 9.89. The van der Waals surface area contributed by atoms with Crippen molar-refractivity contribution >= 4 is 0 Å². The molecular formula is C13H17N5O. The third-order valence-electron chi connectivity index (χ3n) is 3.51. The van der Waals surface area contributed by atoms with Crippen LogP contribution in [0, 0.1) is 0 Å². The van der Waals surface area contributed by atoms with Gasteiger partial charge in [0.05, 0.1) is 18.3 Å². The van der Waals surface area contributed by atoms with Gasteiger partial charge in [-0.25, -0.2) is 0 Å². The molecule has 0 spiro atoms. The van der Waals surface area contributed by atoms with Crippen LogP contribution in [0.1, 0.15) is 18.7 Å². The predicted octanol–water partition coefficient (Wildman–Crippen LogP) is 0.929. The molecule has 6 nitrogen and oxygen atoms in total. The summed E-state index contributed by atoms with van der Waals surface area (Å²) in [5, 5.41) is 15.3. The first kappa shape index (κ1) is 12.3. The van der Waals surface area contributed by atoms with Gasteiger partial charge >= 0.3 is 0 Å². The standard InChI is InChI=1S/C13H17N5O/c1-19-12-7-10(8-12)14-9-13-15-16-17-18(13)11-5-3-2-4-6-11/h2-6,10,12,14H,7-9H2,1H3. The molecule has 0 amide bonds. The third-order valence-corrected chi connectivity index (χ3v) is 3.51. The maximum Gasteiger partial charge on any atom is 0.170 e. The number of nitrogens with one attached hydrogen (secondary N) is 1. The van der Waals surface area contributed by atoms with Crippen LogP contribution in [0.4, 0.5) is 0 Å². The van der Waals surface area contributed by atoms with E-state index in [2.05, 4.69) is 20.8 Å². The van der Waals surface area contributed by atoms with Gasteiger partial charge in [0, 0.05) is 13.2 Å². The molecule has 6 heteroatoms. The number of aromatic nitrogens is 4. The highest BCUT2D eigenvalue weighted by atomic mass is 16.5. The van der Waals surface area contributed by atoms with Gasteiger partial charge in [-0.05, 0) is 35.4 Å². The number of tetrazole rings is 1. The van der Waals surface area contributed by atoms with Crippen molar-refractivity contribution in [2.75, 3.05) is 7.11 Å². The number of methoxy groups -OCH3 is 1. The second kappa shape index (κ2) is 5.46. The largest absolute Gasteiger partial charge is 0.381 e. The third kappa shape index (κ3) is 2.64. The van der Waals surface area contributed by atoms with Gasteiger partial charge in [-0.1, -0.05) is 18.2 Å². The van der Waals surface area contributed by atoms with Gasteiger partial charge < -0.3 is 10.1 Å². The topological polar surface area (TPSA) is 64.9 Å². The zero-order chi connectivity index (χ0) is 13.1. The molecule has 0 bridgehead atoms. The van der Waals surface area contributed by atoms with Crippen LogP contribution in [0.5, 0.6) is 0 Å². The van der Waals surface area contributed by atoms with Crippen LogP contribution < -0.4 is 5.32 Å². The Morgan fingerprint density at radius 1 is 1.32 bits per heavy atom. The van der Waals surface area contributed by atoms with Crippen molar-refractivity contribution in [3.05, 3.63) is 36.2 Å². The van der Waals surface area contributed by atoms with Crippen LogP contribution in [-0.4, -0.2) is 39.5 Å². The molecule has 0 unspecified atom stereocenters. The normalized spacial score (nSPS) is 22.2. The molecule has 1 aromatic heterocycles. The Hall–Kier alpha value is -1.79. The van der Waals surface area contributed by atoms with Gasteiger partial charge in [-0.3, -0.25) is 0 Å². The van der Waals surface area contributed by atoms with Crippen LogP contribution in [-0.2, 0) is 11.3 Å². The molecule has 3 rings (SSSR count). The molecule has 19 heavy (non-hydrogen) atoms. The first-order valence-electron chi connectivity index (χ1n) is 6.45. The minimum absolute atomic E-state index is 0.405. The van der Waals surface area contributed by atoms with Gasteiger partial charge in [-0.15, -0.1) is 5.10 Å². The first-order valence-corrected chi connectivity index (χ1v) is 6.45. The SMILES string of the molecule is COC1CC(NCc2nnnn2-c2ccccc2)C1. The van der Waals surface area contributed by atoms with Crippen molar-refractivity contribution < 1.29 is 4.74 Å². The lowest BCUT2D eigenvalue weighted by Crippen LogP contribution is -2.44. The summed E-state index contributed by atoms with van der Waals surface area (Å²) < 4.78 is 7.02. The Morgan fingerprint density at radius 3 is 2.84 bits per heavy atom. The summed E-state index contributed by atoms with van der Waals surface area (Å²) in [7, 11) is 1.76. The minimum Gasteiger partial charge on any atom is -0.381 e. The van der Waals surface area contributed by atoms with Crippen molar-refractivity contribution in [1.29, 1.82) is 0 Å². The lowest BCUT2D eigenvalue weighted by Gasteiger charge is -2.34. The molecule has 1 heterocycles. The van der Waals surface area contributed by atoms with Crippen LogP contribution in [0.25, 0.3) is 5.69 Å². The second-order valence-electron chi connectivity index (χ2n) is 4.75. The van der Waals surface area contributed by atoms with E-state index in [1.165, 1.54) is 0 Å². The van der Waals surface area contributed by atoms with E-state index in [0.717, 1.165) is 24.4 Å². The number of hydrogen-bond donors (Lipinski definition) is 1. The summed E-state index contributed by atoms with van der Waals surface area (Å²) in [6, 6.07) is 10.4. The summed E-state index contributed by atoms with van der Waals surface area (Å²) in [6.07, 6.45) is 2.52. The molecule has 1 fully saturated rings. The molecule has 2 aromatic rings. The zero-order valence-corrected chi connectivity index (χ0v) is 10.9. The molecule has 1 aromatic carbocycles. The highest BCUT2D eigenvalue weighted by Gasteiger charge is 2.28. The van der Waals surface area contributed by atoms with Crippen LogP contribution >= 0.6 is 0 Å². The molecule has 100 valence electrons. The summed E-state index contributed by atoms with van der Waals surface area (Å²) in [5.74, 6) is 0.826. The fourth-order valence-corrected chi connectivity index (χ4v) is 2.25. The monoisotopic (exact) mass is 259 g/mol. The van der Waals surface area contributed by atoms with E-state index < -0.39 is 0 Å². The summed E-state index contributed by atoms with van der Waals surface area (Å²) >= 11 is 0. The van der Waals surface area contributed by atoms with Crippen molar-refractivity contribution in [3.8, 4) is 5.69 Å². The molecule has 1 saturated carbocycles. The van der Waals surface area contributed by atoms with Gasteiger partial charge in [-0.2, -0.15) is 4.68 Å².